The monoisotopic (exact) mass is 354 g/mol. The average molecular weight is 354 g/mol. The summed E-state index contributed by atoms with van der Waals surface area (Å²) in [6.07, 6.45) is 0. The Bertz CT molecular complexity index is 1290. The number of ketones is 1. The van der Waals surface area contributed by atoms with Crippen molar-refractivity contribution in [3.63, 3.8) is 0 Å². The molecule has 0 bridgehead atoms. The van der Waals surface area contributed by atoms with Crippen molar-refractivity contribution >= 4 is 39.1 Å². The SMILES string of the molecule is Cc1c(C(=O)N/N=C2\C(=O)c3cccc4cccc2c34)oc2ccccc12. The van der Waals surface area contributed by atoms with Gasteiger partial charge in [-0.3, -0.25) is 9.59 Å². The molecule has 0 saturated heterocycles. The number of nitrogens with zero attached hydrogens (tertiary/aromatic N) is 1. The van der Waals surface area contributed by atoms with Crippen molar-refractivity contribution in [2.45, 2.75) is 6.92 Å². The third-order valence-electron chi connectivity index (χ3n) is 4.94. The first-order valence-corrected chi connectivity index (χ1v) is 8.58. The third-order valence-corrected chi connectivity index (χ3v) is 4.94. The second kappa shape index (κ2) is 5.64. The molecule has 1 aliphatic carbocycles. The zero-order valence-electron chi connectivity index (χ0n) is 14.4. The molecule has 5 heteroatoms. The van der Waals surface area contributed by atoms with E-state index in [-0.39, 0.29) is 17.3 Å². The highest BCUT2D eigenvalue weighted by Gasteiger charge is 2.29. The number of hydrogen-bond donors (Lipinski definition) is 1. The van der Waals surface area contributed by atoms with Crippen molar-refractivity contribution in [3.8, 4) is 0 Å². The topological polar surface area (TPSA) is 71.7 Å². The number of furan rings is 1. The van der Waals surface area contributed by atoms with E-state index in [0.29, 0.717) is 11.1 Å². The molecule has 130 valence electrons. The summed E-state index contributed by atoms with van der Waals surface area (Å²) >= 11 is 0. The molecule has 1 heterocycles. The van der Waals surface area contributed by atoms with Gasteiger partial charge in [-0.1, -0.05) is 54.6 Å². The van der Waals surface area contributed by atoms with Crippen molar-refractivity contribution in [2.24, 2.45) is 5.10 Å². The Balaban J connectivity index is 1.53. The van der Waals surface area contributed by atoms with E-state index in [9.17, 15) is 9.59 Å². The molecule has 4 aromatic rings. The van der Waals surface area contributed by atoms with E-state index in [1.54, 1.807) is 6.07 Å². The first-order chi connectivity index (χ1) is 13.1. The Hall–Kier alpha value is -3.73. The second-order valence-electron chi connectivity index (χ2n) is 6.49. The van der Waals surface area contributed by atoms with Crippen LogP contribution < -0.4 is 5.43 Å². The standard InChI is InChI=1S/C22H14N2O3/c1-12-14-8-2-3-11-17(14)27-21(12)22(26)24-23-19-15-9-4-6-13-7-5-10-16(18(13)15)20(19)25/h2-11H,1H3,(H,24,26)/b23-19-. The lowest BCUT2D eigenvalue weighted by atomic mass is 10.1. The van der Waals surface area contributed by atoms with Gasteiger partial charge in [0.05, 0.1) is 0 Å². The molecule has 0 spiro atoms. The van der Waals surface area contributed by atoms with E-state index < -0.39 is 5.91 Å². The smallest absolute Gasteiger partial charge is 0.307 e. The summed E-state index contributed by atoms with van der Waals surface area (Å²) in [6.45, 7) is 1.82. The Morgan fingerprint density at radius 3 is 2.48 bits per heavy atom. The third kappa shape index (κ3) is 2.22. The van der Waals surface area contributed by atoms with Crippen LogP contribution in [0.5, 0.6) is 0 Å². The molecule has 0 fully saturated rings. The van der Waals surface area contributed by atoms with Gasteiger partial charge in [-0.05, 0) is 18.4 Å². The molecule has 5 rings (SSSR count). The van der Waals surface area contributed by atoms with E-state index in [2.05, 4.69) is 10.5 Å². The Kier molecular flexibility index (Phi) is 3.24. The van der Waals surface area contributed by atoms with Gasteiger partial charge in [0, 0.05) is 27.5 Å². The lowest BCUT2D eigenvalue weighted by molar-refractivity contribution is 0.0928. The van der Waals surface area contributed by atoms with E-state index in [1.165, 1.54) is 0 Å². The molecule has 0 saturated carbocycles. The zero-order valence-corrected chi connectivity index (χ0v) is 14.4. The minimum Gasteiger partial charge on any atom is -0.451 e. The van der Waals surface area contributed by atoms with Crippen LogP contribution in [0, 0.1) is 6.92 Å². The number of para-hydroxylation sites is 1. The van der Waals surface area contributed by atoms with Crippen LogP contribution in [0.25, 0.3) is 21.7 Å². The molecule has 0 aliphatic heterocycles. The van der Waals surface area contributed by atoms with Gasteiger partial charge in [-0.25, -0.2) is 5.43 Å². The van der Waals surface area contributed by atoms with E-state index in [1.807, 2.05) is 61.5 Å². The van der Waals surface area contributed by atoms with E-state index in [0.717, 1.165) is 27.3 Å². The van der Waals surface area contributed by atoms with Crippen LogP contribution >= 0.6 is 0 Å². The number of nitrogens with one attached hydrogen (secondary N) is 1. The Labute approximate surface area is 154 Å². The van der Waals surface area contributed by atoms with Gasteiger partial charge in [0.25, 0.3) is 0 Å². The molecular weight excluding hydrogens is 340 g/mol. The second-order valence-corrected chi connectivity index (χ2v) is 6.49. The molecule has 1 aliphatic rings. The summed E-state index contributed by atoms with van der Waals surface area (Å²) in [5, 5.41) is 6.87. The number of fused-ring (bicyclic) bond motifs is 1. The van der Waals surface area contributed by atoms with Gasteiger partial charge in [0.1, 0.15) is 11.3 Å². The maximum Gasteiger partial charge on any atom is 0.307 e. The van der Waals surface area contributed by atoms with Crippen molar-refractivity contribution < 1.29 is 14.0 Å². The van der Waals surface area contributed by atoms with Gasteiger partial charge in [0.2, 0.25) is 5.78 Å². The van der Waals surface area contributed by atoms with Gasteiger partial charge in [-0.15, -0.1) is 0 Å². The summed E-state index contributed by atoms with van der Waals surface area (Å²) in [4.78, 5) is 25.3. The molecule has 0 radical (unpaired) electrons. The molecular formula is C22H14N2O3. The van der Waals surface area contributed by atoms with Gasteiger partial charge >= 0.3 is 5.91 Å². The molecule has 1 N–H and O–H groups in total. The van der Waals surface area contributed by atoms with Gasteiger partial charge < -0.3 is 4.42 Å². The maximum absolute atomic E-state index is 12.7. The molecule has 0 atom stereocenters. The fraction of sp³-hybridized carbons (Fsp3) is 0.0455. The number of rotatable bonds is 2. The van der Waals surface area contributed by atoms with Gasteiger partial charge in [0.15, 0.2) is 5.76 Å². The number of aryl methyl sites for hydroxylation is 1. The normalized spacial score (nSPS) is 14.4. The van der Waals surface area contributed by atoms with Crippen molar-refractivity contribution in [1.82, 2.24) is 5.43 Å². The number of Topliss-reactive ketones (excluding diaryl/α,β-unsaturated/α-hetero) is 1. The van der Waals surface area contributed by atoms with Crippen LogP contribution in [0.15, 0.2) is 70.2 Å². The van der Waals surface area contributed by atoms with Crippen LogP contribution in [0.1, 0.15) is 32.0 Å². The lowest BCUT2D eigenvalue weighted by Gasteiger charge is -2.01. The number of benzene rings is 3. The summed E-state index contributed by atoms with van der Waals surface area (Å²) < 4.78 is 5.66. The van der Waals surface area contributed by atoms with Crippen molar-refractivity contribution in [2.75, 3.05) is 0 Å². The largest absolute Gasteiger partial charge is 0.451 e. The molecule has 1 aromatic heterocycles. The number of carbonyl (C=O) groups excluding carboxylic acids is 2. The Morgan fingerprint density at radius 2 is 1.70 bits per heavy atom. The van der Waals surface area contributed by atoms with Crippen LogP contribution in [-0.2, 0) is 0 Å². The van der Waals surface area contributed by atoms with Crippen molar-refractivity contribution in [3.05, 3.63) is 83.1 Å². The molecule has 27 heavy (non-hydrogen) atoms. The molecule has 1 amide bonds. The first kappa shape index (κ1) is 15.5. The average Bonchev–Trinajstić information content (AvgIpc) is 3.17. The fourth-order valence-electron chi connectivity index (χ4n) is 3.64. The quantitative estimate of drug-likeness (QED) is 0.548. The lowest BCUT2D eigenvalue weighted by Crippen LogP contribution is -2.22. The van der Waals surface area contributed by atoms with Crippen molar-refractivity contribution in [1.29, 1.82) is 0 Å². The van der Waals surface area contributed by atoms with Crippen LogP contribution in [0.2, 0.25) is 0 Å². The number of carbonyl (C=O) groups is 2. The first-order valence-electron chi connectivity index (χ1n) is 8.58. The zero-order chi connectivity index (χ0) is 18.5. The molecule has 3 aromatic carbocycles. The number of hydrogen-bond acceptors (Lipinski definition) is 4. The maximum atomic E-state index is 12.7. The van der Waals surface area contributed by atoms with E-state index >= 15 is 0 Å². The molecule has 0 unspecified atom stereocenters. The predicted molar refractivity (Wildman–Crippen MR) is 103 cm³/mol. The van der Waals surface area contributed by atoms with Crippen LogP contribution in [0.3, 0.4) is 0 Å². The highest BCUT2D eigenvalue weighted by Crippen LogP contribution is 2.31. The highest BCUT2D eigenvalue weighted by atomic mass is 16.3. The summed E-state index contributed by atoms with van der Waals surface area (Å²) in [5.74, 6) is -0.475. The van der Waals surface area contributed by atoms with Gasteiger partial charge in [-0.2, -0.15) is 5.10 Å². The van der Waals surface area contributed by atoms with Crippen LogP contribution in [-0.4, -0.2) is 17.4 Å². The summed E-state index contributed by atoms with van der Waals surface area (Å²) in [6, 6.07) is 18.7. The van der Waals surface area contributed by atoms with Crippen LogP contribution in [0.4, 0.5) is 0 Å². The number of hydrazone groups is 1. The Morgan fingerprint density at radius 1 is 0.963 bits per heavy atom. The van der Waals surface area contributed by atoms with E-state index in [4.69, 9.17) is 4.42 Å². The minimum atomic E-state index is -0.480. The predicted octanol–water partition coefficient (Wildman–Crippen LogP) is 4.22. The highest BCUT2D eigenvalue weighted by molar-refractivity contribution is 6.59. The summed E-state index contributed by atoms with van der Waals surface area (Å²) in [5.41, 5.74) is 5.45. The molecule has 5 nitrogen and oxygen atoms in total. The summed E-state index contributed by atoms with van der Waals surface area (Å²) in [7, 11) is 0. The number of amides is 1. The fourth-order valence-corrected chi connectivity index (χ4v) is 3.64. The minimum absolute atomic E-state index is 0.191.